The summed E-state index contributed by atoms with van der Waals surface area (Å²) in [4.78, 5) is 4.25. The van der Waals surface area contributed by atoms with Crippen LogP contribution in [0.5, 0.6) is 0 Å². The van der Waals surface area contributed by atoms with E-state index in [0.717, 1.165) is 45.9 Å². The molecule has 2 fully saturated rings. The Morgan fingerprint density at radius 3 is 3.24 bits per heavy atom. The maximum absolute atomic E-state index is 5.77. The van der Waals surface area contributed by atoms with Gasteiger partial charge in [0.1, 0.15) is 6.10 Å². The van der Waals surface area contributed by atoms with Crippen molar-refractivity contribution >= 4 is 0 Å². The summed E-state index contributed by atoms with van der Waals surface area (Å²) in [6, 6.07) is 0. The van der Waals surface area contributed by atoms with E-state index in [1.807, 2.05) is 12.5 Å². The van der Waals surface area contributed by atoms with Crippen molar-refractivity contribution in [1.82, 2.24) is 14.9 Å². The number of hydrogen-bond donors (Lipinski definition) is 1. The third-order valence-electron chi connectivity index (χ3n) is 3.48. The standard InChI is InChI=1S/C12H19N3O2/c1-3-16-8-10(1)7-15-9-14-5-11(15)12-6-13-2-4-17-12/h5,9-10,12-13H,1-4,6-8H2. The highest BCUT2D eigenvalue weighted by molar-refractivity contribution is 5.05. The second-order valence-corrected chi connectivity index (χ2v) is 4.76. The molecular formula is C12H19N3O2. The van der Waals surface area contributed by atoms with E-state index in [1.54, 1.807) is 0 Å². The van der Waals surface area contributed by atoms with Crippen LogP contribution in [0.3, 0.4) is 0 Å². The van der Waals surface area contributed by atoms with Crippen LogP contribution in [-0.4, -0.2) is 42.5 Å². The van der Waals surface area contributed by atoms with Crippen molar-refractivity contribution in [3.63, 3.8) is 0 Å². The van der Waals surface area contributed by atoms with Crippen molar-refractivity contribution in [3.05, 3.63) is 18.2 Å². The first-order valence-corrected chi connectivity index (χ1v) is 6.33. The molecule has 2 saturated heterocycles. The molecule has 0 saturated carbocycles. The molecular weight excluding hydrogens is 218 g/mol. The fourth-order valence-corrected chi connectivity index (χ4v) is 2.51. The summed E-state index contributed by atoms with van der Waals surface area (Å²) in [5.41, 5.74) is 1.18. The molecule has 2 unspecified atom stereocenters. The van der Waals surface area contributed by atoms with Crippen LogP contribution in [0.2, 0.25) is 0 Å². The molecule has 1 aromatic rings. The largest absolute Gasteiger partial charge is 0.381 e. The van der Waals surface area contributed by atoms with E-state index in [0.29, 0.717) is 5.92 Å². The summed E-state index contributed by atoms with van der Waals surface area (Å²) in [7, 11) is 0. The summed E-state index contributed by atoms with van der Waals surface area (Å²) in [6.07, 6.45) is 5.13. The zero-order valence-electron chi connectivity index (χ0n) is 9.97. The van der Waals surface area contributed by atoms with Gasteiger partial charge >= 0.3 is 0 Å². The van der Waals surface area contributed by atoms with Gasteiger partial charge in [0.25, 0.3) is 0 Å². The van der Waals surface area contributed by atoms with Gasteiger partial charge in [0.05, 0.1) is 31.4 Å². The van der Waals surface area contributed by atoms with Crippen molar-refractivity contribution in [2.75, 3.05) is 32.9 Å². The van der Waals surface area contributed by atoms with Gasteiger partial charge in [-0.1, -0.05) is 0 Å². The molecule has 2 aliphatic rings. The normalized spacial score (nSPS) is 29.6. The zero-order valence-corrected chi connectivity index (χ0v) is 9.97. The second-order valence-electron chi connectivity index (χ2n) is 4.76. The number of morpholine rings is 1. The maximum atomic E-state index is 5.77. The molecule has 3 rings (SSSR count). The van der Waals surface area contributed by atoms with Crippen molar-refractivity contribution in [2.24, 2.45) is 5.92 Å². The van der Waals surface area contributed by atoms with Gasteiger partial charge in [-0.05, 0) is 6.42 Å². The van der Waals surface area contributed by atoms with Gasteiger partial charge in [-0.25, -0.2) is 4.98 Å². The molecule has 1 N–H and O–H groups in total. The maximum Gasteiger partial charge on any atom is 0.111 e. The Morgan fingerprint density at radius 1 is 1.47 bits per heavy atom. The topological polar surface area (TPSA) is 48.3 Å². The van der Waals surface area contributed by atoms with Crippen LogP contribution in [0.15, 0.2) is 12.5 Å². The highest BCUT2D eigenvalue weighted by Crippen LogP contribution is 2.21. The molecule has 0 aromatic carbocycles. The summed E-state index contributed by atoms with van der Waals surface area (Å²) in [5, 5.41) is 3.35. The van der Waals surface area contributed by atoms with E-state index in [2.05, 4.69) is 14.9 Å². The molecule has 2 aliphatic heterocycles. The number of rotatable bonds is 3. The van der Waals surface area contributed by atoms with Crippen molar-refractivity contribution in [2.45, 2.75) is 19.1 Å². The average Bonchev–Trinajstić information content (AvgIpc) is 3.02. The highest BCUT2D eigenvalue weighted by atomic mass is 16.5. The lowest BCUT2D eigenvalue weighted by atomic mass is 10.1. The predicted octanol–water partition coefficient (Wildman–Crippen LogP) is 0.580. The Labute approximate surface area is 101 Å². The fraction of sp³-hybridized carbons (Fsp3) is 0.750. The quantitative estimate of drug-likeness (QED) is 0.835. The van der Waals surface area contributed by atoms with E-state index < -0.39 is 0 Å². The average molecular weight is 237 g/mol. The third-order valence-corrected chi connectivity index (χ3v) is 3.48. The summed E-state index contributed by atoms with van der Waals surface area (Å²) in [6.45, 7) is 5.38. The van der Waals surface area contributed by atoms with Gasteiger partial charge in [0.2, 0.25) is 0 Å². The number of nitrogens with zero attached hydrogens (tertiary/aromatic N) is 2. The van der Waals surface area contributed by atoms with Crippen molar-refractivity contribution in [1.29, 1.82) is 0 Å². The SMILES string of the molecule is c1ncn(CC2CCOC2)c1C1CNCCO1. The second kappa shape index (κ2) is 5.16. The Bertz CT molecular complexity index is 354. The lowest BCUT2D eigenvalue weighted by molar-refractivity contribution is 0.0223. The lowest BCUT2D eigenvalue weighted by Crippen LogP contribution is -2.34. The monoisotopic (exact) mass is 237 g/mol. The van der Waals surface area contributed by atoms with Crippen LogP contribution in [0, 0.1) is 5.92 Å². The first-order chi connectivity index (χ1) is 8.43. The number of nitrogens with one attached hydrogen (secondary N) is 1. The molecule has 17 heavy (non-hydrogen) atoms. The minimum absolute atomic E-state index is 0.147. The van der Waals surface area contributed by atoms with Crippen LogP contribution < -0.4 is 5.32 Å². The summed E-state index contributed by atoms with van der Waals surface area (Å²) < 4.78 is 13.4. The molecule has 5 heteroatoms. The molecule has 1 aromatic heterocycles. The highest BCUT2D eigenvalue weighted by Gasteiger charge is 2.22. The summed E-state index contributed by atoms with van der Waals surface area (Å²) >= 11 is 0. The van der Waals surface area contributed by atoms with Crippen LogP contribution in [-0.2, 0) is 16.0 Å². The van der Waals surface area contributed by atoms with Crippen molar-refractivity contribution in [3.8, 4) is 0 Å². The Morgan fingerprint density at radius 2 is 2.47 bits per heavy atom. The number of imidazole rings is 1. The molecule has 0 spiro atoms. The fourth-order valence-electron chi connectivity index (χ4n) is 2.51. The zero-order chi connectivity index (χ0) is 11.5. The first kappa shape index (κ1) is 11.2. The van der Waals surface area contributed by atoms with Gasteiger partial charge < -0.3 is 19.4 Å². The molecule has 94 valence electrons. The smallest absolute Gasteiger partial charge is 0.111 e. The van der Waals surface area contributed by atoms with Gasteiger partial charge in [-0.3, -0.25) is 0 Å². The van der Waals surface area contributed by atoms with E-state index >= 15 is 0 Å². The molecule has 0 radical (unpaired) electrons. The molecule has 2 atom stereocenters. The minimum atomic E-state index is 0.147. The van der Waals surface area contributed by atoms with Crippen LogP contribution in [0.25, 0.3) is 0 Å². The molecule has 5 nitrogen and oxygen atoms in total. The van der Waals surface area contributed by atoms with E-state index in [-0.39, 0.29) is 6.10 Å². The Balaban J connectivity index is 1.69. The van der Waals surface area contributed by atoms with Crippen LogP contribution in [0.4, 0.5) is 0 Å². The van der Waals surface area contributed by atoms with E-state index in [1.165, 1.54) is 5.69 Å². The number of aromatic nitrogens is 2. The first-order valence-electron chi connectivity index (χ1n) is 6.33. The third kappa shape index (κ3) is 2.51. The van der Waals surface area contributed by atoms with Gasteiger partial charge in [0.15, 0.2) is 0 Å². The Kier molecular flexibility index (Phi) is 3.40. The van der Waals surface area contributed by atoms with Gasteiger partial charge in [0, 0.05) is 32.2 Å². The lowest BCUT2D eigenvalue weighted by Gasteiger charge is -2.25. The van der Waals surface area contributed by atoms with Crippen LogP contribution in [0.1, 0.15) is 18.2 Å². The van der Waals surface area contributed by atoms with Gasteiger partial charge in [-0.15, -0.1) is 0 Å². The van der Waals surface area contributed by atoms with Gasteiger partial charge in [-0.2, -0.15) is 0 Å². The van der Waals surface area contributed by atoms with Crippen molar-refractivity contribution < 1.29 is 9.47 Å². The molecule has 3 heterocycles. The molecule has 0 aliphatic carbocycles. The Hall–Kier alpha value is -0.910. The molecule has 0 bridgehead atoms. The number of ether oxygens (including phenoxy) is 2. The van der Waals surface area contributed by atoms with Crippen LogP contribution >= 0.6 is 0 Å². The molecule has 0 amide bonds. The van der Waals surface area contributed by atoms with E-state index in [9.17, 15) is 0 Å². The van der Waals surface area contributed by atoms with E-state index in [4.69, 9.17) is 9.47 Å². The summed E-state index contributed by atoms with van der Waals surface area (Å²) in [5.74, 6) is 0.625. The minimum Gasteiger partial charge on any atom is -0.381 e. The number of hydrogen-bond acceptors (Lipinski definition) is 4. The predicted molar refractivity (Wildman–Crippen MR) is 62.7 cm³/mol.